The molecule has 0 radical (unpaired) electrons. The summed E-state index contributed by atoms with van der Waals surface area (Å²) in [6.45, 7) is 0. The van der Waals surface area contributed by atoms with Gasteiger partial charge in [-0.2, -0.15) is 0 Å². The van der Waals surface area contributed by atoms with E-state index in [1.165, 1.54) is 11.1 Å². The molecular weight excluding hydrogens is 170 g/mol. The molecule has 14 heavy (non-hydrogen) atoms. The van der Waals surface area contributed by atoms with Crippen LogP contribution in [0.25, 0.3) is 0 Å². The van der Waals surface area contributed by atoms with E-state index in [1.54, 1.807) is 0 Å². The summed E-state index contributed by atoms with van der Waals surface area (Å²) in [5, 5.41) is 0. The standard InChI is InChI=1S/C13H15N/c14-13-8-4-3-6-11(13)9-10-5-1-2-7-12(10)13/h1-5,7,11H,6,8-9,14H2/t11-,13+/m0/s1. The molecule has 1 heteroatoms. The molecule has 0 aliphatic heterocycles. The van der Waals surface area contributed by atoms with Gasteiger partial charge in [-0.3, -0.25) is 0 Å². The number of hydrogen-bond donors (Lipinski definition) is 1. The molecule has 0 unspecified atom stereocenters. The fourth-order valence-corrected chi connectivity index (χ4v) is 2.93. The van der Waals surface area contributed by atoms with E-state index in [0.717, 1.165) is 19.3 Å². The third-order valence-corrected chi connectivity index (χ3v) is 3.76. The fourth-order valence-electron chi connectivity index (χ4n) is 2.93. The van der Waals surface area contributed by atoms with E-state index in [-0.39, 0.29) is 5.54 Å². The van der Waals surface area contributed by atoms with Crippen LogP contribution in [0.15, 0.2) is 36.4 Å². The summed E-state index contributed by atoms with van der Waals surface area (Å²) in [5.74, 6) is 0.630. The second-order valence-electron chi connectivity index (χ2n) is 4.51. The first-order valence-corrected chi connectivity index (χ1v) is 5.33. The van der Waals surface area contributed by atoms with Gasteiger partial charge in [-0.15, -0.1) is 0 Å². The van der Waals surface area contributed by atoms with Crippen molar-refractivity contribution in [1.29, 1.82) is 0 Å². The molecule has 0 spiro atoms. The van der Waals surface area contributed by atoms with Gasteiger partial charge in [0.15, 0.2) is 0 Å². The average molecular weight is 185 g/mol. The van der Waals surface area contributed by atoms with Crippen molar-refractivity contribution in [2.75, 3.05) is 0 Å². The molecular formula is C13H15N. The maximum absolute atomic E-state index is 6.52. The van der Waals surface area contributed by atoms with E-state index in [9.17, 15) is 0 Å². The Morgan fingerprint density at radius 3 is 3.00 bits per heavy atom. The minimum atomic E-state index is -0.0641. The number of benzene rings is 1. The van der Waals surface area contributed by atoms with E-state index in [1.807, 2.05) is 0 Å². The lowest BCUT2D eigenvalue weighted by molar-refractivity contribution is 0.293. The number of rotatable bonds is 0. The van der Waals surface area contributed by atoms with Gasteiger partial charge < -0.3 is 5.73 Å². The molecule has 2 atom stereocenters. The van der Waals surface area contributed by atoms with E-state index in [2.05, 4.69) is 36.4 Å². The van der Waals surface area contributed by atoms with Crippen LogP contribution in [0, 0.1) is 5.92 Å². The van der Waals surface area contributed by atoms with Crippen LogP contribution in [0.5, 0.6) is 0 Å². The largest absolute Gasteiger partial charge is 0.321 e. The van der Waals surface area contributed by atoms with Crippen LogP contribution in [0.1, 0.15) is 24.0 Å². The minimum Gasteiger partial charge on any atom is -0.321 e. The topological polar surface area (TPSA) is 26.0 Å². The van der Waals surface area contributed by atoms with Gasteiger partial charge in [0.1, 0.15) is 0 Å². The average Bonchev–Trinajstić information content (AvgIpc) is 2.51. The molecule has 0 bridgehead atoms. The van der Waals surface area contributed by atoms with Crippen molar-refractivity contribution < 1.29 is 0 Å². The molecule has 0 fully saturated rings. The van der Waals surface area contributed by atoms with Gasteiger partial charge >= 0.3 is 0 Å². The van der Waals surface area contributed by atoms with Gasteiger partial charge in [0, 0.05) is 5.54 Å². The third-order valence-electron chi connectivity index (χ3n) is 3.76. The van der Waals surface area contributed by atoms with Gasteiger partial charge in [0.25, 0.3) is 0 Å². The SMILES string of the molecule is N[C@]12CC=CC[C@H]1Cc1ccccc12. The smallest absolute Gasteiger partial charge is 0.0481 e. The first kappa shape index (κ1) is 8.25. The van der Waals surface area contributed by atoms with Gasteiger partial charge in [0.05, 0.1) is 0 Å². The van der Waals surface area contributed by atoms with E-state index in [4.69, 9.17) is 5.73 Å². The second kappa shape index (κ2) is 2.71. The number of nitrogens with two attached hydrogens (primary N) is 1. The van der Waals surface area contributed by atoms with Crippen LogP contribution in [-0.2, 0) is 12.0 Å². The number of allylic oxidation sites excluding steroid dienone is 1. The van der Waals surface area contributed by atoms with Crippen LogP contribution in [-0.4, -0.2) is 0 Å². The van der Waals surface area contributed by atoms with Crippen LogP contribution in [0.3, 0.4) is 0 Å². The molecule has 1 aromatic rings. The zero-order chi connectivity index (χ0) is 9.60. The lowest BCUT2D eigenvalue weighted by atomic mass is 9.77. The first-order chi connectivity index (χ1) is 6.81. The molecule has 72 valence electrons. The van der Waals surface area contributed by atoms with Gasteiger partial charge in [0.2, 0.25) is 0 Å². The van der Waals surface area contributed by atoms with Crippen LogP contribution in [0.4, 0.5) is 0 Å². The van der Waals surface area contributed by atoms with Crippen molar-refractivity contribution in [3.63, 3.8) is 0 Å². The zero-order valence-electron chi connectivity index (χ0n) is 8.24. The highest BCUT2D eigenvalue weighted by molar-refractivity contribution is 5.41. The lowest BCUT2D eigenvalue weighted by Gasteiger charge is -2.33. The highest BCUT2D eigenvalue weighted by atomic mass is 14.8. The maximum atomic E-state index is 6.52. The zero-order valence-corrected chi connectivity index (χ0v) is 8.24. The summed E-state index contributed by atoms with van der Waals surface area (Å²) in [6.07, 6.45) is 7.83. The van der Waals surface area contributed by atoms with Crippen molar-refractivity contribution >= 4 is 0 Å². The lowest BCUT2D eigenvalue weighted by Crippen LogP contribution is -2.42. The fraction of sp³-hybridized carbons (Fsp3) is 0.385. The Balaban J connectivity index is 2.14. The van der Waals surface area contributed by atoms with Crippen LogP contribution >= 0.6 is 0 Å². The quantitative estimate of drug-likeness (QED) is 0.617. The van der Waals surface area contributed by atoms with Crippen molar-refractivity contribution in [2.24, 2.45) is 11.7 Å². The van der Waals surface area contributed by atoms with E-state index in [0.29, 0.717) is 5.92 Å². The van der Waals surface area contributed by atoms with Gasteiger partial charge in [-0.05, 0) is 36.3 Å². The van der Waals surface area contributed by atoms with E-state index >= 15 is 0 Å². The molecule has 2 aliphatic rings. The van der Waals surface area contributed by atoms with Crippen molar-refractivity contribution in [1.82, 2.24) is 0 Å². The highest BCUT2D eigenvalue weighted by Crippen LogP contribution is 2.45. The molecule has 3 rings (SSSR count). The van der Waals surface area contributed by atoms with Crippen molar-refractivity contribution in [2.45, 2.75) is 24.8 Å². The summed E-state index contributed by atoms with van der Waals surface area (Å²) in [6, 6.07) is 8.65. The predicted octanol–water partition coefficient (Wildman–Crippen LogP) is 2.36. The highest BCUT2D eigenvalue weighted by Gasteiger charge is 2.43. The third kappa shape index (κ3) is 0.934. The molecule has 1 nitrogen and oxygen atoms in total. The Morgan fingerprint density at radius 2 is 2.07 bits per heavy atom. The van der Waals surface area contributed by atoms with Gasteiger partial charge in [-0.25, -0.2) is 0 Å². The molecule has 0 amide bonds. The monoisotopic (exact) mass is 185 g/mol. The van der Waals surface area contributed by atoms with Crippen LogP contribution < -0.4 is 5.73 Å². The van der Waals surface area contributed by atoms with E-state index < -0.39 is 0 Å². The summed E-state index contributed by atoms with van der Waals surface area (Å²) in [4.78, 5) is 0. The molecule has 0 saturated carbocycles. The Hall–Kier alpha value is -1.08. The Morgan fingerprint density at radius 1 is 1.21 bits per heavy atom. The molecule has 2 N–H and O–H groups in total. The predicted molar refractivity (Wildman–Crippen MR) is 57.9 cm³/mol. The maximum Gasteiger partial charge on any atom is 0.0481 e. The summed E-state index contributed by atoms with van der Waals surface area (Å²) in [5.41, 5.74) is 9.31. The van der Waals surface area contributed by atoms with Crippen molar-refractivity contribution in [3.8, 4) is 0 Å². The Bertz CT molecular complexity index is 394. The molecule has 0 saturated heterocycles. The van der Waals surface area contributed by atoms with Gasteiger partial charge in [-0.1, -0.05) is 36.4 Å². The molecule has 1 aromatic carbocycles. The minimum absolute atomic E-state index is 0.0641. The Kier molecular flexibility index (Phi) is 1.59. The van der Waals surface area contributed by atoms with Crippen LogP contribution in [0.2, 0.25) is 0 Å². The normalized spacial score (nSPS) is 33.9. The number of fused-ring (bicyclic) bond motifs is 3. The molecule has 0 aromatic heterocycles. The molecule has 2 aliphatic carbocycles. The number of hydrogen-bond acceptors (Lipinski definition) is 1. The summed E-state index contributed by atoms with van der Waals surface area (Å²) in [7, 11) is 0. The Labute approximate surface area is 84.6 Å². The first-order valence-electron chi connectivity index (χ1n) is 5.33. The van der Waals surface area contributed by atoms with Crippen molar-refractivity contribution in [3.05, 3.63) is 47.5 Å². The molecule has 0 heterocycles. The summed E-state index contributed by atoms with van der Waals surface area (Å²) < 4.78 is 0. The second-order valence-corrected chi connectivity index (χ2v) is 4.51. The summed E-state index contributed by atoms with van der Waals surface area (Å²) >= 11 is 0.